The number of allylic oxidation sites excluding steroid dienone is 2. The fourth-order valence-electron chi connectivity index (χ4n) is 12.4. The van der Waals surface area contributed by atoms with Gasteiger partial charge in [-0.2, -0.15) is 0 Å². The van der Waals surface area contributed by atoms with Crippen molar-refractivity contribution in [1.29, 1.82) is 0 Å². The maximum Gasteiger partial charge on any atom is 0.303 e. The molecule has 8 nitrogen and oxygen atoms in total. The predicted molar refractivity (Wildman–Crippen MR) is 175 cm³/mol. The SMILES string of the molecule is C#C.CC(=O)O[C@@H](CC[C@@H](C)C1=C(O)CC2[C@@H]3CC[C@H]4C(C)[C@@H](OC5C[C@@H](O)[C@H](O)CO5)CCC45[C@H](C)[C@@]35CC[C@]12C)C(C)(C)O. The standard InChI is InChI=1S/C36H58O8.C2H2/c1-19(8-11-30(33(5,6)41)43-22(4)37)32-27(39)16-25-24-10-9-23-20(2)29(44-31-17-26(38)28(40)18-42-31)12-13-35(23)21(3)36(24,35)15-14-34(25,32)7;1-2/h19-21,23-26,28-31,38-41H,8-18H2,1-7H3;1-2H/t19-,20?,21+,23+,24+,25?,26-,28-,29+,30+,31?,34+,35?,36+;/m1./s1. The van der Waals surface area contributed by atoms with Crippen LogP contribution in [0.1, 0.15) is 113 Å². The Hall–Kier alpha value is -1.63. The molecule has 8 heteroatoms. The van der Waals surface area contributed by atoms with Crippen molar-refractivity contribution in [1.82, 2.24) is 0 Å². The van der Waals surface area contributed by atoms with Crippen LogP contribution in [-0.4, -0.2) is 69.3 Å². The number of hydrogen-bond acceptors (Lipinski definition) is 8. The lowest BCUT2D eigenvalue weighted by molar-refractivity contribution is -0.250. The zero-order chi connectivity index (χ0) is 34.0. The average Bonchev–Trinajstić information content (AvgIpc) is 3.39. The Bertz CT molecular complexity index is 1190. The smallest absolute Gasteiger partial charge is 0.303 e. The molecule has 14 atom stereocenters. The Morgan fingerprint density at radius 3 is 2.30 bits per heavy atom. The molecule has 1 aliphatic heterocycles. The highest BCUT2D eigenvalue weighted by Crippen LogP contribution is 2.88. The van der Waals surface area contributed by atoms with E-state index in [4.69, 9.17) is 14.2 Å². The molecule has 5 aliphatic carbocycles. The van der Waals surface area contributed by atoms with Crippen LogP contribution in [0.2, 0.25) is 0 Å². The Morgan fingerprint density at radius 2 is 1.67 bits per heavy atom. The summed E-state index contributed by atoms with van der Waals surface area (Å²) in [6.45, 7) is 14.4. The third kappa shape index (κ3) is 5.45. The van der Waals surface area contributed by atoms with Gasteiger partial charge in [0.05, 0.1) is 30.2 Å². The van der Waals surface area contributed by atoms with Gasteiger partial charge in [0.1, 0.15) is 12.2 Å². The van der Waals surface area contributed by atoms with Crippen molar-refractivity contribution in [2.24, 2.45) is 51.8 Å². The molecular formula is C38H60O8. The lowest BCUT2D eigenvalue weighted by Crippen LogP contribution is -2.52. The van der Waals surface area contributed by atoms with Crippen LogP contribution in [0.15, 0.2) is 11.3 Å². The largest absolute Gasteiger partial charge is 0.512 e. The lowest BCUT2D eigenvalue weighted by Gasteiger charge is -2.57. The number of carbonyl (C=O) groups is 1. The molecule has 0 aromatic carbocycles. The van der Waals surface area contributed by atoms with Gasteiger partial charge in [-0.15, -0.1) is 12.8 Å². The first-order valence-corrected chi connectivity index (χ1v) is 17.9. The third-order valence-electron chi connectivity index (χ3n) is 14.3. The van der Waals surface area contributed by atoms with Gasteiger partial charge < -0.3 is 34.6 Å². The molecule has 4 N–H and O–H groups in total. The van der Waals surface area contributed by atoms with E-state index in [-0.39, 0.29) is 30.0 Å². The molecule has 6 rings (SSSR count). The first kappa shape index (κ1) is 35.7. The first-order valence-electron chi connectivity index (χ1n) is 17.9. The molecular weight excluding hydrogens is 584 g/mol. The molecule has 1 heterocycles. The van der Waals surface area contributed by atoms with Gasteiger partial charge in [0.15, 0.2) is 6.29 Å². The summed E-state index contributed by atoms with van der Waals surface area (Å²) in [5.41, 5.74) is 0.737. The summed E-state index contributed by atoms with van der Waals surface area (Å²) in [5, 5.41) is 42.2. The monoisotopic (exact) mass is 644 g/mol. The zero-order valence-electron chi connectivity index (χ0n) is 29.2. The fourth-order valence-corrected chi connectivity index (χ4v) is 12.4. The van der Waals surface area contributed by atoms with E-state index in [0.717, 1.165) is 25.7 Å². The maximum absolute atomic E-state index is 11.7. The van der Waals surface area contributed by atoms with E-state index in [1.54, 1.807) is 13.8 Å². The highest BCUT2D eigenvalue weighted by Gasteiger charge is 2.83. The summed E-state index contributed by atoms with van der Waals surface area (Å²) in [5.74, 6) is 3.10. The molecule has 0 aromatic heterocycles. The number of carbonyl (C=O) groups excluding carboxylic acids is 1. The second-order valence-electron chi connectivity index (χ2n) is 16.6. The molecule has 0 radical (unpaired) electrons. The molecule has 46 heavy (non-hydrogen) atoms. The topological polar surface area (TPSA) is 126 Å². The quantitative estimate of drug-likeness (QED) is 0.146. The molecule has 2 spiro atoms. The van der Waals surface area contributed by atoms with Crippen molar-refractivity contribution >= 4 is 5.97 Å². The molecule has 6 aliphatic rings. The van der Waals surface area contributed by atoms with Gasteiger partial charge in [0.2, 0.25) is 0 Å². The van der Waals surface area contributed by atoms with Crippen LogP contribution < -0.4 is 0 Å². The van der Waals surface area contributed by atoms with Crippen LogP contribution in [-0.2, 0) is 19.0 Å². The van der Waals surface area contributed by atoms with Gasteiger partial charge in [-0.3, -0.25) is 4.79 Å². The van der Waals surface area contributed by atoms with Crippen LogP contribution in [0, 0.1) is 64.6 Å². The van der Waals surface area contributed by atoms with E-state index >= 15 is 0 Å². The van der Waals surface area contributed by atoms with Gasteiger partial charge in [-0.25, -0.2) is 0 Å². The second kappa shape index (κ2) is 12.7. The molecule has 4 unspecified atom stereocenters. The molecule has 4 saturated carbocycles. The van der Waals surface area contributed by atoms with E-state index < -0.39 is 30.2 Å². The maximum atomic E-state index is 11.7. The minimum absolute atomic E-state index is 0.0307. The van der Waals surface area contributed by atoms with Crippen molar-refractivity contribution in [2.75, 3.05) is 6.61 Å². The number of terminal acetylenes is 1. The van der Waals surface area contributed by atoms with Gasteiger partial charge in [0, 0.05) is 19.8 Å². The number of esters is 1. The molecule has 260 valence electrons. The summed E-state index contributed by atoms with van der Waals surface area (Å²) in [7, 11) is 0. The summed E-state index contributed by atoms with van der Waals surface area (Å²) in [6, 6.07) is 0. The van der Waals surface area contributed by atoms with Crippen LogP contribution in [0.5, 0.6) is 0 Å². The highest BCUT2D eigenvalue weighted by atomic mass is 16.7. The number of aliphatic hydroxyl groups excluding tert-OH is 3. The minimum Gasteiger partial charge on any atom is -0.512 e. The molecule has 5 fully saturated rings. The van der Waals surface area contributed by atoms with Crippen LogP contribution in [0.25, 0.3) is 0 Å². The summed E-state index contributed by atoms with van der Waals surface area (Å²) in [4.78, 5) is 11.7. The number of fused-ring (bicyclic) bond motifs is 2. The molecule has 0 bridgehead atoms. The van der Waals surface area contributed by atoms with Gasteiger partial charge in [0.25, 0.3) is 0 Å². The normalized spacial score (nSPS) is 46.0. The Morgan fingerprint density at radius 1 is 1.02 bits per heavy atom. The van der Waals surface area contributed by atoms with Crippen molar-refractivity contribution < 1.29 is 39.4 Å². The Labute approximate surface area is 276 Å². The lowest BCUT2D eigenvalue weighted by atomic mass is 9.48. The van der Waals surface area contributed by atoms with E-state index in [1.807, 2.05) is 0 Å². The van der Waals surface area contributed by atoms with Crippen LogP contribution in [0.4, 0.5) is 0 Å². The molecule has 0 amide bonds. The van der Waals surface area contributed by atoms with E-state index in [9.17, 15) is 25.2 Å². The number of ether oxygens (including phenoxy) is 3. The zero-order valence-corrected chi connectivity index (χ0v) is 29.2. The van der Waals surface area contributed by atoms with Gasteiger partial charge in [-0.1, -0.05) is 27.7 Å². The van der Waals surface area contributed by atoms with Gasteiger partial charge >= 0.3 is 5.97 Å². The number of hydrogen-bond donors (Lipinski definition) is 4. The van der Waals surface area contributed by atoms with Crippen LogP contribution >= 0.6 is 0 Å². The van der Waals surface area contributed by atoms with Crippen molar-refractivity contribution in [3.63, 3.8) is 0 Å². The van der Waals surface area contributed by atoms with E-state index in [1.165, 1.54) is 38.2 Å². The van der Waals surface area contributed by atoms with Crippen molar-refractivity contribution in [2.45, 2.75) is 149 Å². The number of aliphatic hydroxyl groups is 4. The highest BCUT2D eigenvalue weighted by molar-refractivity contribution is 5.66. The summed E-state index contributed by atoms with van der Waals surface area (Å²) in [6.07, 6.45) is 14.7. The summed E-state index contributed by atoms with van der Waals surface area (Å²) < 4.78 is 17.7. The molecule has 1 saturated heterocycles. The Kier molecular flexibility index (Phi) is 9.83. The third-order valence-corrected chi connectivity index (χ3v) is 14.3. The Balaban J connectivity index is 0.00000204. The van der Waals surface area contributed by atoms with Crippen LogP contribution in [0.3, 0.4) is 0 Å². The summed E-state index contributed by atoms with van der Waals surface area (Å²) >= 11 is 0. The number of rotatable bonds is 8. The predicted octanol–water partition coefficient (Wildman–Crippen LogP) is 5.92. The van der Waals surface area contributed by atoms with Crippen molar-refractivity contribution in [3.05, 3.63) is 11.3 Å². The minimum atomic E-state index is -1.12. The fraction of sp³-hybridized carbons (Fsp3) is 0.868. The van der Waals surface area contributed by atoms with E-state index in [2.05, 4.69) is 40.5 Å². The van der Waals surface area contributed by atoms with E-state index in [0.29, 0.717) is 59.0 Å². The second-order valence-corrected chi connectivity index (χ2v) is 16.6. The van der Waals surface area contributed by atoms with Gasteiger partial charge in [-0.05, 0) is 123 Å². The first-order chi connectivity index (χ1) is 21.6. The average molecular weight is 645 g/mol. The van der Waals surface area contributed by atoms with Crippen molar-refractivity contribution in [3.8, 4) is 12.8 Å². The molecule has 0 aromatic rings.